The quantitative estimate of drug-likeness (QED) is 0.207. The maximum atomic E-state index is 14.5. The van der Waals surface area contributed by atoms with Gasteiger partial charge in [-0.05, 0) is 82.6 Å². The molecule has 1 aliphatic carbocycles. The monoisotopic (exact) mass is 626 g/mol. The first-order chi connectivity index (χ1) is 22.0. The van der Waals surface area contributed by atoms with Crippen LogP contribution in [0, 0.1) is 0 Å². The molecular weight excluding hydrogens is 584 g/mol. The van der Waals surface area contributed by atoms with Crippen LogP contribution in [0.25, 0.3) is 28.3 Å². The molecule has 2 N–H and O–H groups in total. The Kier molecular flexibility index (Phi) is 8.56. The van der Waals surface area contributed by atoms with E-state index in [0.717, 1.165) is 54.5 Å². The molecule has 1 unspecified atom stereocenters. The Morgan fingerprint density at radius 2 is 1.87 bits per heavy atom. The molecule has 11 heteroatoms. The van der Waals surface area contributed by atoms with Crippen molar-refractivity contribution in [3.8, 4) is 22.5 Å². The Balaban J connectivity index is 1.39. The molecule has 2 aromatic carbocycles. The molecule has 0 radical (unpaired) electrons. The van der Waals surface area contributed by atoms with Crippen LogP contribution in [0.1, 0.15) is 89.6 Å². The molecule has 1 atom stereocenters. The molecule has 1 aliphatic rings. The van der Waals surface area contributed by atoms with Crippen LogP contribution in [0.4, 0.5) is 0 Å². The van der Waals surface area contributed by atoms with Crippen LogP contribution in [-0.4, -0.2) is 51.7 Å². The zero-order chi connectivity index (χ0) is 32.6. The maximum absolute atomic E-state index is 14.5. The number of nitrogens with zero attached hydrogens (tertiary/aromatic N) is 5. The predicted molar refractivity (Wildman–Crippen MR) is 175 cm³/mol. The topological polar surface area (TPSA) is 141 Å². The zero-order valence-corrected chi connectivity index (χ0v) is 27.1. The third kappa shape index (κ3) is 6.21. The molecule has 6 rings (SSSR count). The summed E-state index contributed by atoms with van der Waals surface area (Å²) in [6.45, 7) is 9.60. The molecule has 0 bridgehead atoms. The van der Waals surface area contributed by atoms with Crippen LogP contribution in [0.5, 0.6) is 0 Å². The number of benzene rings is 2. The van der Waals surface area contributed by atoms with E-state index in [1.54, 1.807) is 13.8 Å². The first-order valence-corrected chi connectivity index (χ1v) is 16.1. The summed E-state index contributed by atoms with van der Waals surface area (Å²) in [6, 6.07) is 15.8. The number of aliphatic hydroxyl groups is 1. The molecule has 1 saturated carbocycles. The lowest BCUT2D eigenvalue weighted by Gasteiger charge is -2.42. The molecule has 3 aromatic heterocycles. The molecular formula is C35H42N6O5. The van der Waals surface area contributed by atoms with E-state index in [9.17, 15) is 14.7 Å². The van der Waals surface area contributed by atoms with Crippen molar-refractivity contribution >= 4 is 5.78 Å². The van der Waals surface area contributed by atoms with Crippen molar-refractivity contribution in [3.05, 3.63) is 92.6 Å². The Bertz CT molecular complexity index is 1940. The fraction of sp³-hybridized carbons (Fsp3) is 0.457. The van der Waals surface area contributed by atoms with Crippen LogP contribution in [0.3, 0.4) is 0 Å². The average molecular weight is 627 g/mol. The summed E-state index contributed by atoms with van der Waals surface area (Å²) in [6.07, 6.45) is 6.03. The highest BCUT2D eigenvalue weighted by molar-refractivity contribution is 5.81. The van der Waals surface area contributed by atoms with Crippen molar-refractivity contribution in [2.24, 2.45) is 0 Å². The summed E-state index contributed by atoms with van der Waals surface area (Å²) in [5.74, 6) is 0.250. The summed E-state index contributed by atoms with van der Waals surface area (Å²) < 4.78 is 14.9. The number of H-pyrrole nitrogens is 1. The molecule has 1 fully saturated rings. The van der Waals surface area contributed by atoms with E-state index < -0.39 is 17.0 Å². The van der Waals surface area contributed by atoms with Gasteiger partial charge >= 0.3 is 5.76 Å². The highest BCUT2D eigenvalue weighted by Gasteiger charge is 2.38. The molecule has 46 heavy (non-hydrogen) atoms. The van der Waals surface area contributed by atoms with Gasteiger partial charge in [0.05, 0.1) is 23.0 Å². The van der Waals surface area contributed by atoms with Crippen molar-refractivity contribution in [2.75, 3.05) is 0 Å². The third-order valence-corrected chi connectivity index (χ3v) is 9.39. The fourth-order valence-corrected chi connectivity index (χ4v) is 6.55. The van der Waals surface area contributed by atoms with E-state index in [2.05, 4.69) is 34.1 Å². The van der Waals surface area contributed by atoms with Crippen LogP contribution in [0.15, 0.2) is 69.0 Å². The first kappa shape index (κ1) is 31.6. The number of hydrogen-bond acceptors (Lipinski definition) is 8. The smallest absolute Gasteiger partial charge is 0.388 e. The largest absolute Gasteiger partial charge is 0.439 e. The third-order valence-electron chi connectivity index (χ3n) is 9.39. The van der Waals surface area contributed by atoms with Crippen LogP contribution in [-0.2, 0) is 17.6 Å². The SMILES string of the molecule is CCCc1c(Cc2ccc(-c3ccccc3)c(-c3noc(=O)[nH]3)c2)c(=O)n(C2CCC(C)(OC(C)C(C)(C)O)CC2)c2ncnn12. The lowest BCUT2D eigenvalue weighted by Crippen LogP contribution is -2.45. The van der Waals surface area contributed by atoms with Crippen molar-refractivity contribution in [2.45, 2.75) is 103 Å². The van der Waals surface area contributed by atoms with Gasteiger partial charge in [0.1, 0.15) is 6.33 Å². The van der Waals surface area contributed by atoms with Gasteiger partial charge in [-0.25, -0.2) is 9.31 Å². The average Bonchev–Trinajstić information content (AvgIpc) is 3.69. The lowest BCUT2D eigenvalue weighted by molar-refractivity contribution is -0.163. The summed E-state index contributed by atoms with van der Waals surface area (Å²) in [5, 5.41) is 19.0. The van der Waals surface area contributed by atoms with Gasteiger partial charge in [-0.2, -0.15) is 10.1 Å². The lowest BCUT2D eigenvalue weighted by atomic mass is 9.82. The Labute approximate surface area is 267 Å². The second-order valence-corrected chi connectivity index (χ2v) is 13.3. The molecule has 5 aromatic rings. The van der Waals surface area contributed by atoms with Gasteiger partial charge in [-0.3, -0.25) is 18.9 Å². The summed E-state index contributed by atoms with van der Waals surface area (Å²) >= 11 is 0. The number of aromatic amines is 1. The number of nitrogens with one attached hydrogen (secondary N) is 1. The Morgan fingerprint density at radius 3 is 2.52 bits per heavy atom. The standard InChI is InChI=1S/C35H42N6O5/c1-6-10-29-28(20-23-13-14-26(24-11-8-7-9-12-24)27(19-23)30-38-33(43)46-39-30)31(42)40(32-36-21-37-41(29)32)25-15-17-35(5,18-16-25)45-22(2)34(3,4)44/h7-9,11-14,19,21-22,25,44H,6,10,15-18,20H2,1-5H3,(H,38,39,43). The first-order valence-electron chi connectivity index (χ1n) is 16.1. The molecule has 242 valence electrons. The normalized spacial score (nSPS) is 19.5. The molecule has 11 nitrogen and oxygen atoms in total. The van der Waals surface area contributed by atoms with E-state index in [0.29, 0.717) is 35.6 Å². The molecule has 0 saturated heterocycles. The van der Waals surface area contributed by atoms with Crippen molar-refractivity contribution < 1.29 is 14.4 Å². The van der Waals surface area contributed by atoms with Gasteiger partial charge < -0.3 is 9.84 Å². The number of ether oxygens (including phenoxy) is 1. The highest BCUT2D eigenvalue weighted by atomic mass is 16.5. The highest BCUT2D eigenvalue weighted by Crippen LogP contribution is 2.39. The summed E-state index contributed by atoms with van der Waals surface area (Å²) in [4.78, 5) is 33.7. The van der Waals surface area contributed by atoms with Gasteiger partial charge in [0.25, 0.3) is 5.56 Å². The van der Waals surface area contributed by atoms with Crippen molar-refractivity contribution in [3.63, 3.8) is 0 Å². The number of aryl methyl sites for hydroxylation is 1. The zero-order valence-electron chi connectivity index (χ0n) is 27.1. The summed E-state index contributed by atoms with van der Waals surface area (Å²) in [5.41, 5.74) is 3.57. The van der Waals surface area contributed by atoms with E-state index in [1.807, 2.05) is 64.5 Å². The van der Waals surface area contributed by atoms with E-state index in [-0.39, 0.29) is 17.7 Å². The van der Waals surface area contributed by atoms with Gasteiger partial charge in [0.15, 0.2) is 5.82 Å². The van der Waals surface area contributed by atoms with Gasteiger partial charge in [-0.15, -0.1) is 0 Å². The van der Waals surface area contributed by atoms with Crippen molar-refractivity contribution in [1.29, 1.82) is 0 Å². The Hall–Kier alpha value is -4.35. The van der Waals surface area contributed by atoms with Crippen LogP contribution >= 0.6 is 0 Å². The van der Waals surface area contributed by atoms with Gasteiger partial charge in [0.2, 0.25) is 5.78 Å². The maximum Gasteiger partial charge on any atom is 0.439 e. The number of aromatic nitrogens is 6. The fourth-order valence-electron chi connectivity index (χ4n) is 6.55. The summed E-state index contributed by atoms with van der Waals surface area (Å²) in [7, 11) is 0. The Morgan fingerprint density at radius 1 is 1.13 bits per heavy atom. The predicted octanol–water partition coefficient (Wildman–Crippen LogP) is 5.49. The number of fused-ring (bicyclic) bond motifs is 1. The molecule has 3 heterocycles. The molecule has 0 spiro atoms. The van der Waals surface area contributed by atoms with Crippen LogP contribution < -0.4 is 11.3 Å². The molecule has 0 amide bonds. The molecule has 0 aliphatic heterocycles. The van der Waals surface area contributed by atoms with Crippen molar-refractivity contribution in [1.82, 2.24) is 29.3 Å². The van der Waals surface area contributed by atoms with E-state index >= 15 is 0 Å². The van der Waals surface area contributed by atoms with Gasteiger partial charge in [-0.1, -0.05) is 61.0 Å². The van der Waals surface area contributed by atoms with Crippen LogP contribution in [0.2, 0.25) is 0 Å². The van der Waals surface area contributed by atoms with E-state index in [4.69, 9.17) is 9.26 Å². The van der Waals surface area contributed by atoms with Gasteiger partial charge in [0, 0.05) is 23.6 Å². The second-order valence-electron chi connectivity index (χ2n) is 13.3. The minimum atomic E-state index is -0.948. The number of hydrogen-bond donors (Lipinski definition) is 2. The number of rotatable bonds is 10. The van der Waals surface area contributed by atoms with E-state index in [1.165, 1.54) is 6.33 Å². The minimum absolute atomic E-state index is 0.0631. The minimum Gasteiger partial charge on any atom is -0.388 e. The second kappa shape index (κ2) is 12.4.